The van der Waals surface area contributed by atoms with E-state index in [9.17, 15) is 14.4 Å². The highest BCUT2D eigenvalue weighted by molar-refractivity contribution is 7.09. The van der Waals surface area contributed by atoms with Crippen molar-refractivity contribution in [1.82, 2.24) is 20.1 Å². The van der Waals surface area contributed by atoms with Gasteiger partial charge in [0.2, 0.25) is 5.91 Å². The Balaban J connectivity index is 1.52. The molecule has 2 fully saturated rings. The number of nitrogens with zero attached hydrogens (tertiary/aromatic N) is 3. The van der Waals surface area contributed by atoms with Gasteiger partial charge in [-0.05, 0) is 55.0 Å². The van der Waals surface area contributed by atoms with Crippen molar-refractivity contribution >= 4 is 29.2 Å². The van der Waals surface area contributed by atoms with Crippen LogP contribution in [0.5, 0.6) is 0 Å². The zero-order valence-corrected chi connectivity index (χ0v) is 20.1. The molecule has 176 valence electrons. The molecule has 2 aromatic rings. The molecule has 4 heterocycles. The summed E-state index contributed by atoms with van der Waals surface area (Å²) < 4.78 is 0. The van der Waals surface area contributed by atoms with Crippen LogP contribution in [0, 0.1) is 11.8 Å². The topological polar surface area (TPSA) is 82.6 Å². The summed E-state index contributed by atoms with van der Waals surface area (Å²) >= 11 is 1.62. The third kappa shape index (κ3) is 4.81. The average molecular weight is 469 g/mol. The highest BCUT2D eigenvalue weighted by atomic mass is 32.1. The Hall–Kier alpha value is -2.74. The normalized spacial score (nSPS) is 21.7. The first-order valence-electron chi connectivity index (χ1n) is 11.8. The second-order valence-corrected chi connectivity index (χ2v) is 10.4. The first-order chi connectivity index (χ1) is 15.9. The zero-order chi connectivity index (χ0) is 23.4. The van der Waals surface area contributed by atoms with Gasteiger partial charge in [0.05, 0.1) is 0 Å². The number of carbonyl (C=O) groups excluding carboxylic acids is 3. The maximum absolute atomic E-state index is 13.8. The van der Waals surface area contributed by atoms with Gasteiger partial charge in [-0.15, -0.1) is 11.3 Å². The summed E-state index contributed by atoms with van der Waals surface area (Å²) in [5.74, 6) is 0.365. The van der Waals surface area contributed by atoms with Crippen LogP contribution in [0.25, 0.3) is 0 Å². The predicted molar refractivity (Wildman–Crippen MR) is 128 cm³/mol. The Morgan fingerprint density at radius 2 is 2.03 bits per heavy atom. The number of hydrogen-bond donors (Lipinski definition) is 1. The zero-order valence-electron chi connectivity index (χ0n) is 19.3. The summed E-state index contributed by atoms with van der Waals surface area (Å²) in [6.45, 7) is 5.79. The number of amides is 4. The molecule has 0 unspecified atom stereocenters. The standard InChI is InChI=1S/C25H32N4O3S/c1-18(2)7-8-22(30)28-13-9-19(10-14-28)25(20-5-3-12-26-17-20)23(31)29(24(32)27-25)15-11-21-6-4-16-33-21/h3-6,12,16-19H,7-11,13-15H2,1-2H3,(H,27,32)/t25-/m1/s1. The van der Waals surface area contributed by atoms with Crippen LogP contribution in [0.4, 0.5) is 4.79 Å². The van der Waals surface area contributed by atoms with Crippen molar-refractivity contribution in [2.45, 2.75) is 51.5 Å². The molecule has 4 rings (SSSR count). The maximum Gasteiger partial charge on any atom is 0.325 e. The van der Waals surface area contributed by atoms with Crippen LogP contribution in [-0.2, 0) is 21.5 Å². The number of nitrogens with one attached hydrogen (secondary N) is 1. The Bertz CT molecular complexity index is 971. The lowest BCUT2D eigenvalue weighted by atomic mass is 9.73. The van der Waals surface area contributed by atoms with Crippen molar-refractivity contribution in [3.63, 3.8) is 0 Å². The lowest BCUT2D eigenvalue weighted by molar-refractivity contribution is -0.136. The minimum absolute atomic E-state index is 0.0981. The van der Waals surface area contributed by atoms with E-state index < -0.39 is 5.54 Å². The SMILES string of the molecule is CC(C)CCC(=O)N1CCC([C@]2(c3cccnc3)NC(=O)N(CCc3cccs3)C2=O)CC1. The van der Waals surface area contributed by atoms with Gasteiger partial charge in [-0.1, -0.05) is 26.0 Å². The Labute approximate surface area is 199 Å². The molecule has 0 spiro atoms. The molecule has 33 heavy (non-hydrogen) atoms. The van der Waals surface area contributed by atoms with Crippen molar-refractivity contribution < 1.29 is 14.4 Å². The summed E-state index contributed by atoms with van der Waals surface area (Å²) in [6, 6.07) is 7.31. The minimum atomic E-state index is -1.13. The predicted octanol–water partition coefficient (Wildman–Crippen LogP) is 3.81. The average Bonchev–Trinajstić information content (AvgIpc) is 3.43. The molecule has 0 radical (unpaired) electrons. The van der Waals surface area contributed by atoms with Crippen LogP contribution >= 0.6 is 11.3 Å². The molecule has 0 bridgehead atoms. The molecular formula is C25H32N4O3S. The highest BCUT2D eigenvalue weighted by Crippen LogP contribution is 2.41. The molecule has 2 aliphatic heterocycles. The summed E-state index contributed by atoms with van der Waals surface area (Å²) in [7, 11) is 0. The van der Waals surface area contributed by atoms with Crippen LogP contribution in [-0.4, -0.2) is 52.3 Å². The number of hydrogen-bond acceptors (Lipinski definition) is 5. The molecule has 0 saturated carbocycles. The number of aromatic nitrogens is 1. The number of thiophene rings is 1. The quantitative estimate of drug-likeness (QED) is 0.598. The molecule has 8 heteroatoms. The molecular weight excluding hydrogens is 436 g/mol. The van der Waals surface area contributed by atoms with Gasteiger partial charge in [0, 0.05) is 48.9 Å². The van der Waals surface area contributed by atoms with E-state index in [1.54, 1.807) is 29.8 Å². The second kappa shape index (κ2) is 10.0. The number of urea groups is 1. The molecule has 0 aliphatic carbocycles. The monoisotopic (exact) mass is 468 g/mol. The van der Waals surface area contributed by atoms with Crippen molar-refractivity contribution in [3.05, 3.63) is 52.5 Å². The van der Waals surface area contributed by atoms with Crippen LogP contribution in [0.1, 0.15) is 50.0 Å². The van der Waals surface area contributed by atoms with Crippen molar-refractivity contribution in [3.8, 4) is 0 Å². The maximum atomic E-state index is 13.8. The van der Waals surface area contributed by atoms with Gasteiger partial charge in [0.15, 0.2) is 5.54 Å². The van der Waals surface area contributed by atoms with Gasteiger partial charge in [0.25, 0.3) is 5.91 Å². The first kappa shape index (κ1) is 23.4. The molecule has 0 aromatic carbocycles. The van der Waals surface area contributed by atoms with E-state index in [1.165, 1.54) is 4.90 Å². The Morgan fingerprint density at radius 1 is 1.24 bits per heavy atom. The van der Waals surface area contributed by atoms with Gasteiger partial charge >= 0.3 is 6.03 Å². The third-order valence-corrected chi connectivity index (χ3v) is 7.74. The molecule has 4 amide bonds. The van der Waals surface area contributed by atoms with E-state index in [0.29, 0.717) is 56.8 Å². The number of pyridine rings is 1. The van der Waals surface area contributed by atoms with Gasteiger partial charge in [-0.25, -0.2) is 4.79 Å². The number of imide groups is 1. The van der Waals surface area contributed by atoms with E-state index in [4.69, 9.17) is 0 Å². The summed E-state index contributed by atoms with van der Waals surface area (Å²) in [5.41, 5.74) is -0.417. The van der Waals surface area contributed by atoms with Crippen LogP contribution in [0.3, 0.4) is 0 Å². The number of likely N-dealkylation sites (tertiary alicyclic amines) is 1. The summed E-state index contributed by atoms with van der Waals surface area (Å²) in [6.07, 6.45) is 6.75. The lowest BCUT2D eigenvalue weighted by Crippen LogP contribution is -2.54. The van der Waals surface area contributed by atoms with E-state index in [2.05, 4.69) is 24.1 Å². The van der Waals surface area contributed by atoms with Crippen LogP contribution in [0.2, 0.25) is 0 Å². The molecule has 2 saturated heterocycles. The largest absolute Gasteiger partial charge is 0.343 e. The van der Waals surface area contributed by atoms with E-state index in [0.717, 1.165) is 11.3 Å². The van der Waals surface area contributed by atoms with Crippen LogP contribution < -0.4 is 5.32 Å². The van der Waals surface area contributed by atoms with Gasteiger partial charge < -0.3 is 10.2 Å². The first-order valence-corrected chi connectivity index (χ1v) is 12.6. The number of piperidine rings is 1. The lowest BCUT2D eigenvalue weighted by Gasteiger charge is -2.41. The second-order valence-electron chi connectivity index (χ2n) is 9.35. The van der Waals surface area contributed by atoms with Crippen molar-refractivity contribution in [2.24, 2.45) is 11.8 Å². The fourth-order valence-electron chi connectivity index (χ4n) is 4.91. The minimum Gasteiger partial charge on any atom is -0.343 e. The van der Waals surface area contributed by atoms with Gasteiger partial charge in [-0.3, -0.25) is 19.5 Å². The van der Waals surface area contributed by atoms with Crippen molar-refractivity contribution in [2.75, 3.05) is 19.6 Å². The van der Waals surface area contributed by atoms with Crippen LogP contribution in [0.15, 0.2) is 42.0 Å². The molecule has 1 N–H and O–H groups in total. The number of rotatable bonds is 8. The fraction of sp³-hybridized carbons (Fsp3) is 0.520. The Morgan fingerprint density at radius 3 is 2.67 bits per heavy atom. The third-order valence-electron chi connectivity index (χ3n) is 6.81. The molecule has 1 atom stereocenters. The van der Waals surface area contributed by atoms with Gasteiger partial charge in [0.1, 0.15) is 0 Å². The van der Waals surface area contributed by atoms with E-state index >= 15 is 0 Å². The van der Waals surface area contributed by atoms with E-state index in [1.807, 2.05) is 28.5 Å². The van der Waals surface area contributed by atoms with Crippen molar-refractivity contribution in [1.29, 1.82) is 0 Å². The van der Waals surface area contributed by atoms with Gasteiger partial charge in [-0.2, -0.15) is 0 Å². The smallest absolute Gasteiger partial charge is 0.325 e. The fourth-order valence-corrected chi connectivity index (χ4v) is 5.61. The highest BCUT2D eigenvalue weighted by Gasteiger charge is 2.57. The summed E-state index contributed by atoms with van der Waals surface area (Å²) in [5, 5.41) is 5.06. The molecule has 7 nitrogen and oxygen atoms in total. The Kier molecular flexibility index (Phi) is 7.12. The summed E-state index contributed by atoms with van der Waals surface area (Å²) in [4.78, 5) is 48.1. The molecule has 2 aromatic heterocycles. The van der Waals surface area contributed by atoms with E-state index in [-0.39, 0.29) is 23.8 Å². The number of carbonyl (C=O) groups is 3. The molecule has 2 aliphatic rings.